The van der Waals surface area contributed by atoms with Crippen LogP contribution in [-0.4, -0.2) is 63.5 Å². The molecule has 2 aromatic heterocycles. The van der Waals surface area contributed by atoms with Crippen molar-refractivity contribution in [2.24, 2.45) is 0 Å². The van der Waals surface area contributed by atoms with Crippen LogP contribution in [0.1, 0.15) is 46.5 Å². The number of aromatic nitrogens is 3. The number of ether oxygens (including phenoxy) is 1. The summed E-state index contributed by atoms with van der Waals surface area (Å²) in [6.45, 7) is 3.03. The van der Waals surface area contributed by atoms with Crippen molar-refractivity contribution in [2.75, 3.05) is 26.7 Å². The number of carbonyl (C=O) groups is 2. The molecule has 1 aliphatic heterocycles. The zero-order valence-electron chi connectivity index (χ0n) is 18.8. The Morgan fingerprint density at radius 2 is 2.03 bits per heavy atom. The number of rotatable bonds is 6. The Kier molecular flexibility index (Phi) is 6.97. The van der Waals surface area contributed by atoms with Gasteiger partial charge < -0.3 is 19.1 Å². The van der Waals surface area contributed by atoms with Crippen LogP contribution in [0.15, 0.2) is 53.3 Å². The fraction of sp³-hybridized carbons (Fsp3) is 0.375. The van der Waals surface area contributed by atoms with Crippen LogP contribution in [0.5, 0.6) is 5.75 Å². The Morgan fingerprint density at radius 3 is 2.76 bits per heavy atom. The molecule has 3 heterocycles. The molecular weight excluding hydrogens is 422 g/mol. The molecule has 1 aromatic carbocycles. The lowest BCUT2D eigenvalue weighted by atomic mass is 10.1. The van der Waals surface area contributed by atoms with E-state index in [9.17, 15) is 9.59 Å². The van der Waals surface area contributed by atoms with Crippen molar-refractivity contribution in [3.05, 3.63) is 71.6 Å². The molecule has 0 N–H and O–H groups in total. The van der Waals surface area contributed by atoms with Crippen molar-refractivity contribution < 1.29 is 18.8 Å². The maximum absolute atomic E-state index is 13.3. The van der Waals surface area contributed by atoms with Crippen molar-refractivity contribution in [3.63, 3.8) is 0 Å². The second kappa shape index (κ2) is 10.2. The summed E-state index contributed by atoms with van der Waals surface area (Å²) >= 11 is 0. The minimum Gasteiger partial charge on any atom is -0.496 e. The third kappa shape index (κ3) is 5.19. The molecule has 9 heteroatoms. The first kappa shape index (κ1) is 22.4. The van der Waals surface area contributed by atoms with E-state index in [2.05, 4.69) is 15.1 Å². The lowest BCUT2D eigenvalue weighted by Gasteiger charge is -2.29. The van der Waals surface area contributed by atoms with E-state index in [-0.39, 0.29) is 11.8 Å². The fourth-order valence-electron chi connectivity index (χ4n) is 4.08. The monoisotopic (exact) mass is 449 g/mol. The molecule has 1 atom stereocenters. The van der Waals surface area contributed by atoms with Gasteiger partial charge in [-0.05, 0) is 43.5 Å². The van der Waals surface area contributed by atoms with E-state index in [0.29, 0.717) is 56.2 Å². The van der Waals surface area contributed by atoms with Crippen LogP contribution < -0.4 is 4.74 Å². The summed E-state index contributed by atoms with van der Waals surface area (Å²) < 4.78 is 10.8. The highest BCUT2D eigenvalue weighted by atomic mass is 16.5. The summed E-state index contributed by atoms with van der Waals surface area (Å²) in [5, 5.41) is 3.90. The quantitative estimate of drug-likeness (QED) is 0.570. The van der Waals surface area contributed by atoms with Gasteiger partial charge in [-0.15, -0.1) is 0 Å². The first-order valence-electron chi connectivity index (χ1n) is 11.0. The minimum absolute atomic E-state index is 0.0119. The van der Waals surface area contributed by atoms with Crippen molar-refractivity contribution in [3.8, 4) is 5.75 Å². The Morgan fingerprint density at radius 1 is 1.18 bits per heavy atom. The average molecular weight is 450 g/mol. The molecular formula is C24H27N5O4. The van der Waals surface area contributed by atoms with Crippen molar-refractivity contribution in [2.45, 2.75) is 32.2 Å². The summed E-state index contributed by atoms with van der Waals surface area (Å²) in [5.41, 5.74) is 1.47. The van der Waals surface area contributed by atoms with E-state index in [0.717, 1.165) is 11.3 Å². The van der Waals surface area contributed by atoms with Crippen LogP contribution in [0, 0.1) is 6.92 Å². The summed E-state index contributed by atoms with van der Waals surface area (Å²) in [5.74, 6) is 1.42. The second-order valence-corrected chi connectivity index (χ2v) is 7.94. The smallest absolute Gasteiger partial charge is 0.256 e. The van der Waals surface area contributed by atoms with Crippen LogP contribution >= 0.6 is 0 Å². The third-order valence-electron chi connectivity index (χ3n) is 5.75. The van der Waals surface area contributed by atoms with Gasteiger partial charge in [-0.3, -0.25) is 14.6 Å². The van der Waals surface area contributed by atoms with Crippen LogP contribution in [-0.2, 0) is 11.2 Å². The molecule has 1 saturated heterocycles. The number of benzene rings is 1. The molecule has 1 fully saturated rings. The summed E-state index contributed by atoms with van der Waals surface area (Å²) in [6.07, 6.45) is 4.73. The molecule has 1 unspecified atom stereocenters. The lowest BCUT2D eigenvalue weighted by Crippen LogP contribution is -2.40. The number of nitrogens with zero attached hydrogens (tertiary/aromatic N) is 5. The van der Waals surface area contributed by atoms with E-state index in [1.54, 1.807) is 48.4 Å². The Balaban J connectivity index is 1.53. The molecule has 0 saturated carbocycles. The van der Waals surface area contributed by atoms with Crippen molar-refractivity contribution >= 4 is 11.8 Å². The van der Waals surface area contributed by atoms with Crippen LogP contribution in [0.4, 0.5) is 0 Å². The number of pyridine rings is 1. The Hall–Kier alpha value is -3.75. The molecule has 3 aromatic rings. The molecule has 0 aliphatic carbocycles. The maximum Gasteiger partial charge on any atom is 0.256 e. The lowest BCUT2D eigenvalue weighted by molar-refractivity contribution is -0.131. The Bertz CT molecular complexity index is 1100. The van der Waals surface area contributed by atoms with E-state index in [1.807, 2.05) is 24.3 Å². The summed E-state index contributed by atoms with van der Waals surface area (Å²) in [7, 11) is 1.63. The largest absolute Gasteiger partial charge is 0.496 e. The van der Waals surface area contributed by atoms with Crippen molar-refractivity contribution in [1.82, 2.24) is 24.9 Å². The van der Waals surface area contributed by atoms with Gasteiger partial charge in [-0.2, -0.15) is 4.98 Å². The number of methoxy groups -OCH3 is 1. The zero-order chi connectivity index (χ0) is 23.2. The van der Waals surface area contributed by atoms with Gasteiger partial charge in [0.25, 0.3) is 11.8 Å². The Labute approximate surface area is 192 Å². The van der Waals surface area contributed by atoms with Crippen LogP contribution in [0.3, 0.4) is 0 Å². The standard InChI is InChI=1S/C24H27N5O4/c1-17-26-23(33-27-17)20-16-28(22(30)11-10-18-7-3-4-9-21(18)32-2)13-6-14-29(20)24(31)19-8-5-12-25-15-19/h3-5,7-9,12,15,20H,6,10-11,13-14,16H2,1-2H3. The van der Waals surface area contributed by atoms with Gasteiger partial charge >= 0.3 is 0 Å². The average Bonchev–Trinajstić information content (AvgIpc) is 3.16. The number of para-hydroxylation sites is 1. The van der Waals surface area contributed by atoms with E-state index in [1.165, 1.54) is 0 Å². The van der Waals surface area contributed by atoms with Crippen LogP contribution in [0.25, 0.3) is 0 Å². The second-order valence-electron chi connectivity index (χ2n) is 7.94. The molecule has 0 spiro atoms. The predicted octanol–water partition coefficient (Wildman–Crippen LogP) is 2.83. The minimum atomic E-state index is -0.531. The SMILES string of the molecule is COc1ccccc1CCC(=O)N1CCCN(C(=O)c2cccnc2)C(c2nc(C)no2)C1. The molecule has 2 amide bonds. The molecule has 0 radical (unpaired) electrons. The van der Waals surface area contributed by atoms with Gasteiger partial charge in [0, 0.05) is 31.9 Å². The topological polar surface area (TPSA) is 102 Å². The molecule has 1 aliphatic rings. The van der Waals surface area contributed by atoms with E-state index < -0.39 is 6.04 Å². The summed E-state index contributed by atoms with van der Waals surface area (Å²) in [6, 6.07) is 10.6. The number of carbonyl (C=O) groups excluding carboxylic acids is 2. The predicted molar refractivity (Wildman–Crippen MR) is 120 cm³/mol. The summed E-state index contributed by atoms with van der Waals surface area (Å²) in [4.78, 5) is 38.4. The molecule has 172 valence electrons. The molecule has 0 bridgehead atoms. The normalized spacial score (nSPS) is 16.4. The highest BCUT2D eigenvalue weighted by Gasteiger charge is 2.35. The highest BCUT2D eigenvalue weighted by Crippen LogP contribution is 2.27. The van der Waals surface area contributed by atoms with E-state index in [4.69, 9.17) is 9.26 Å². The van der Waals surface area contributed by atoms with Gasteiger partial charge in [-0.25, -0.2) is 0 Å². The molecule has 9 nitrogen and oxygen atoms in total. The van der Waals surface area contributed by atoms with Gasteiger partial charge in [0.05, 0.1) is 19.2 Å². The van der Waals surface area contributed by atoms with Crippen molar-refractivity contribution in [1.29, 1.82) is 0 Å². The molecule has 33 heavy (non-hydrogen) atoms. The van der Waals surface area contributed by atoms with E-state index >= 15 is 0 Å². The van der Waals surface area contributed by atoms with Gasteiger partial charge in [0.15, 0.2) is 5.82 Å². The van der Waals surface area contributed by atoms with Gasteiger partial charge in [0.1, 0.15) is 11.8 Å². The molecule has 4 rings (SSSR count). The number of aryl methyl sites for hydroxylation is 2. The fourth-order valence-corrected chi connectivity index (χ4v) is 4.08. The highest BCUT2D eigenvalue weighted by molar-refractivity contribution is 5.94. The number of hydrogen-bond acceptors (Lipinski definition) is 7. The third-order valence-corrected chi connectivity index (χ3v) is 5.75. The number of hydrogen-bond donors (Lipinski definition) is 0. The van der Waals surface area contributed by atoms with Crippen LogP contribution in [0.2, 0.25) is 0 Å². The van der Waals surface area contributed by atoms with Gasteiger partial charge in [-0.1, -0.05) is 23.4 Å². The maximum atomic E-state index is 13.3. The first-order valence-corrected chi connectivity index (χ1v) is 11.0. The first-order chi connectivity index (χ1) is 16.1. The van der Waals surface area contributed by atoms with Gasteiger partial charge in [0.2, 0.25) is 5.91 Å². The zero-order valence-corrected chi connectivity index (χ0v) is 18.8. The number of amides is 2.